The highest BCUT2D eigenvalue weighted by Gasteiger charge is 2.75. The number of halogens is 1. The average Bonchev–Trinajstić information content (AvgIpc) is 2.13. The van der Waals surface area contributed by atoms with Crippen molar-refractivity contribution < 1.29 is 12.8 Å². The first-order valence-corrected chi connectivity index (χ1v) is 6.31. The smallest absolute Gasteiger partial charge is 0.201 e. The molecule has 80 valence electrons. The minimum atomic E-state index is -3.43. The summed E-state index contributed by atoms with van der Waals surface area (Å²) in [6.45, 7) is 0. The van der Waals surface area contributed by atoms with E-state index in [1.807, 2.05) is 0 Å². The van der Waals surface area contributed by atoms with Crippen molar-refractivity contribution in [2.75, 3.05) is 0 Å². The summed E-state index contributed by atoms with van der Waals surface area (Å²) in [4.78, 5) is 3.84. The molecule has 0 aliphatic heterocycles. The molecule has 5 heteroatoms. The number of alkyl halides is 1. The summed E-state index contributed by atoms with van der Waals surface area (Å²) >= 11 is 0. The van der Waals surface area contributed by atoms with E-state index >= 15 is 0 Å². The molecule has 1 aromatic heterocycles. The molecule has 3 saturated carbocycles. The Hall–Kier alpha value is -0.970. The molecule has 2 bridgehead atoms. The van der Waals surface area contributed by atoms with E-state index in [4.69, 9.17) is 0 Å². The summed E-state index contributed by atoms with van der Waals surface area (Å²) in [7, 11) is -3.43. The highest BCUT2D eigenvalue weighted by Crippen LogP contribution is 2.67. The zero-order chi connectivity index (χ0) is 10.7. The van der Waals surface area contributed by atoms with Crippen molar-refractivity contribution in [1.82, 2.24) is 4.98 Å². The van der Waals surface area contributed by atoms with Crippen LogP contribution >= 0.6 is 0 Å². The van der Waals surface area contributed by atoms with Gasteiger partial charge in [-0.3, -0.25) is 0 Å². The van der Waals surface area contributed by atoms with Crippen LogP contribution in [-0.2, 0) is 9.84 Å². The molecule has 0 atom stereocenters. The number of aromatic nitrogens is 1. The van der Waals surface area contributed by atoms with Crippen molar-refractivity contribution in [2.45, 2.75) is 34.7 Å². The summed E-state index contributed by atoms with van der Waals surface area (Å²) in [5, 5.41) is 0.0757. The zero-order valence-electron chi connectivity index (χ0n) is 7.98. The predicted octanol–water partition coefficient (Wildman–Crippen LogP) is 1.50. The topological polar surface area (TPSA) is 47.0 Å². The number of rotatable bonds is 2. The summed E-state index contributed by atoms with van der Waals surface area (Å²) in [6, 6.07) is 4.77. The lowest BCUT2D eigenvalue weighted by atomic mass is 9.52. The fraction of sp³-hybridized carbons (Fsp3) is 0.500. The molecular weight excluding hydrogens is 217 g/mol. The van der Waals surface area contributed by atoms with Crippen LogP contribution in [0.3, 0.4) is 0 Å². The monoisotopic (exact) mass is 227 g/mol. The summed E-state index contributed by atoms with van der Waals surface area (Å²) in [5.74, 6) is 0. The second kappa shape index (κ2) is 2.40. The summed E-state index contributed by atoms with van der Waals surface area (Å²) in [6.07, 6.45) is 1.90. The van der Waals surface area contributed by atoms with Gasteiger partial charge in [-0.2, -0.15) is 0 Å². The van der Waals surface area contributed by atoms with E-state index in [-0.39, 0.29) is 24.3 Å². The Morgan fingerprint density at radius 2 is 1.93 bits per heavy atom. The normalized spacial score (nSPS) is 37.9. The van der Waals surface area contributed by atoms with Gasteiger partial charge >= 0.3 is 0 Å². The quantitative estimate of drug-likeness (QED) is 0.769. The Kier molecular flexibility index (Phi) is 1.48. The van der Waals surface area contributed by atoms with Crippen LogP contribution in [0.25, 0.3) is 0 Å². The first kappa shape index (κ1) is 9.27. The second-order valence-corrected chi connectivity index (χ2v) is 6.83. The molecule has 0 aromatic carbocycles. The van der Waals surface area contributed by atoms with Gasteiger partial charge in [-0.1, -0.05) is 6.07 Å². The Balaban J connectivity index is 2.00. The van der Waals surface area contributed by atoms with Gasteiger partial charge in [-0.05, 0) is 12.1 Å². The molecule has 3 aliphatic carbocycles. The molecule has 3 fully saturated rings. The van der Waals surface area contributed by atoms with E-state index in [0.717, 1.165) is 0 Å². The Morgan fingerprint density at radius 1 is 1.27 bits per heavy atom. The molecule has 0 N–H and O–H groups in total. The Morgan fingerprint density at radius 3 is 2.40 bits per heavy atom. The van der Waals surface area contributed by atoms with E-state index in [2.05, 4.69) is 4.98 Å². The first-order valence-electron chi connectivity index (χ1n) is 4.82. The van der Waals surface area contributed by atoms with Gasteiger partial charge in [0, 0.05) is 25.5 Å². The van der Waals surface area contributed by atoms with Gasteiger partial charge in [0.25, 0.3) is 0 Å². The van der Waals surface area contributed by atoms with E-state index in [9.17, 15) is 12.8 Å². The van der Waals surface area contributed by atoms with Crippen LogP contribution in [0.2, 0.25) is 0 Å². The largest absolute Gasteiger partial charge is 0.245 e. The minimum absolute atomic E-state index is 0.0757. The fourth-order valence-corrected chi connectivity index (χ4v) is 4.84. The molecular formula is C10H10FNO2S. The first-order chi connectivity index (χ1) is 6.98. The van der Waals surface area contributed by atoms with Crippen LogP contribution in [0.15, 0.2) is 29.4 Å². The molecule has 3 aliphatic rings. The van der Waals surface area contributed by atoms with Gasteiger partial charge in [-0.15, -0.1) is 0 Å². The van der Waals surface area contributed by atoms with Gasteiger partial charge in [-0.25, -0.2) is 17.8 Å². The van der Waals surface area contributed by atoms with Gasteiger partial charge in [0.2, 0.25) is 9.84 Å². The molecule has 1 heterocycles. The SMILES string of the molecule is O=S(=O)(c1ccccn1)C12CC(F)(C1)C2. The summed E-state index contributed by atoms with van der Waals surface area (Å²) < 4.78 is 36.6. The van der Waals surface area contributed by atoms with Crippen molar-refractivity contribution in [3.63, 3.8) is 0 Å². The highest BCUT2D eigenvalue weighted by molar-refractivity contribution is 7.93. The number of nitrogens with zero attached hydrogens (tertiary/aromatic N) is 1. The number of hydrogen-bond acceptors (Lipinski definition) is 3. The predicted molar refractivity (Wildman–Crippen MR) is 51.8 cm³/mol. The van der Waals surface area contributed by atoms with Crippen LogP contribution in [0.5, 0.6) is 0 Å². The minimum Gasteiger partial charge on any atom is -0.245 e. The van der Waals surface area contributed by atoms with Gasteiger partial charge < -0.3 is 0 Å². The number of sulfone groups is 1. The van der Waals surface area contributed by atoms with Crippen LogP contribution in [0.1, 0.15) is 19.3 Å². The summed E-state index contributed by atoms with van der Waals surface area (Å²) in [5.41, 5.74) is -1.19. The van der Waals surface area contributed by atoms with Gasteiger partial charge in [0.05, 0.1) is 4.75 Å². The molecule has 0 saturated heterocycles. The van der Waals surface area contributed by atoms with Crippen molar-refractivity contribution in [2.24, 2.45) is 0 Å². The van der Waals surface area contributed by atoms with Crippen LogP contribution in [0, 0.1) is 0 Å². The maximum absolute atomic E-state index is 13.3. The third kappa shape index (κ3) is 0.989. The highest BCUT2D eigenvalue weighted by atomic mass is 32.2. The van der Waals surface area contributed by atoms with Gasteiger partial charge in [0.15, 0.2) is 5.03 Å². The standard InChI is InChI=1S/C10H10FNO2S/c11-9-5-10(6-9,7-9)15(13,14)8-3-1-2-4-12-8/h1-4H,5-7H2. The number of hydrogen-bond donors (Lipinski definition) is 0. The average molecular weight is 227 g/mol. The fourth-order valence-electron chi connectivity index (χ4n) is 2.59. The molecule has 0 spiro atoms. The van der Waals surface area contributed by atoms with E-state index < -0.39 is 20.3 Å². The molecule has 1 aromatic rings. The van der Waals surface area contributed by atoms with E-state index in [1.165, 1.54) is 12.3 Å². The maximum atomic E-state index is 13.3. The number of pyridine rings is 1. The lowest BCUT2D eigenvalue weighted by molar-refractivity contribution is -0.106. The van der Waals surface area contributed by atoms with E-state index in [1.54, 1.807) is 12.1 Å². The molecule has 0 unspecified atom stereocenters. The third-order valence-electron chi connectivity index (χ3n) is 3.40. The molecule has 4 rings (SSSR count). The lowest BCUT2D eigenvalue weighted by Crippen LogP contribution is -2.72. The molecule has 0 radical (unpaired) electrons. The van der Waals surface area contributed by atoms with Crippen LogP contribution < -0.4 is 0 Å². The maximum Gasteiger partial charge on any atom is 0.201 e. The molecule has 0 amide bonds. The third-order valence-corrected chi connectivity index (χ3v) is 5.77. The Bertz CT molecular complexity index is 492. The zero-order valence-corrected chi connectivity index (χ0v) is 8.80. The molecule has 15 heavy (non-hydrogen) atoms. The molecule has 3 nitrogen and oxygen atoms in total. The van der Waals surface area contributed by atoms with Crippen molar-refractivity contribution in [3.05, 3.63) is 24.4 Å². The Labute approximate surface area is 87.3 Å². The lowest BCUT2D eigenvalue weighted by Gasteiger charge is -2.64. The second-order valence-electron chi connectivity index (χ2n) is 4.54. The van der Waals surface area contributed by atoms with Crippen LogP contribution in [0.4, 0.5) is 4.39 Å². The van der Waals surface area contributed by atoms with Crippen molar-refractivity contribution in [3.8, 4) is 0 Å². The van der Waals surface area contributed by atoms with Crippen molar-refractivity contribution >= 4 is 9.84 Å². The van der Waals surface area contributed by atoms with E-state index in [0.29, 0.717) is 0 Å². The van der Waals surface area contributed by atoms with Crippen LogP contribution in [-0.4, -0.2) is 23.8 Å². The van der Waals surface area contributed by atoms with Crippen molar-refractivity contribution in [1.29, 1.82) is 0 Å². The van der Waals surface area contributed by atoms with Gasteiger partial charge in [0.1, 0.15) is 5.67 Å².